The monoisotopic (exact) mass is 255 g/mol. The molecule has 0 radical (unpaired) electrons. The van der Waals surface area contributed by atoms with Gasteiger partial charge < -0.3 is 0 Å². The summed E-state index contributed by atoms with van der Waals surface area (Å²) in [7, 11) is 0. The summed E-state index contributed by atoms with van der Waals surface area (Å²) >= 11 is 0. The second kappa shape index (κ2) is 4.92. The molecule has 19 heavy (non-hydrogen) atoms. The fourth-order valence-corrected chi connectivity index (χ4v) is 2.44. The number of carbonyl (C=O) groups is 2. The van der Waals surface area contributed by atoms with Gasteiger partial charge in [-0.25, -0.2) is 0 Å². The van der Waals surface area contributed by atoms with E-state index in [1.54, 1.807) is 33.2 Å². The lowest BCUT2D eigenvalue weighted by Gasteiger charge is -2.23. The summed E-state index contributed by atoms with van der Waals surface area (Å²) in [4.78, 5) is 28.6. The molecular formula is C16H17NO2. The van der Waals surface area contributed by atoms with Crippen molar-refractivity contribution in [2.24, 2.45) is 0 Å². The van der Waals surface area contributed by atoms with Crippen molar-refractivity contribution in [3.05, 3.63) is 52.4 Å². The maximum Gasteiger partial charge on any atom is 0.186 e. The van der Waals surface area contributed by atoms with Crippen LogP contribution in [0.2, 0.25) is 0 Å². The molecule has 98 valence electrons. The van der Waals surface area contributed by atoms with Crippen molar-refractivity contribution >= 4 is 11.6 Å². The summed E-state index contributed by atoms with van der Waals surface area (Å²) in [6.45, 7) is 7.11. The molecule has 2 rings (SSSR count). The SMILES string of the molecule is CC1=C(C)C(=O)C([C@H](C)c2cccnc2)=C(C)C1=O. The molecular weight excluding hydrogens is 238 g/mol. The van der Waals surface area contributed by atoms with Crippen molar-refractivity contribution in [2.45, 2.75) is 33.6 Å². The third-order valence-electron chi connectivity index (χ3n) is 3.85. The molecule has 0 bridgehead atoms. The van der Waals surface area contributed by atoms with Crippen LogP contribution in [0.1, 0.15) is 39.2 Å². The molecule has 1 aromatic rings. The molecule has 3 heteroatoms. The number of hydrogen-bond donors (Lipinski definition) is 0. The molecule has 0 saturated carbocycles. The van der Waals surface area contributed by atoms with Crippen molar-refractivity contribution in [1.29, 1.82) is 0 Å². The van der Waals surface area contributed by atoms with Crippen LogP contribution in [0.25, 0.3) is 0 Å². The largest absolute Gasteiger partial charge is 0.289 e. The van der Waals surface area contributed by atoms with E-state index >= 15 is 0 Å². The maximum atomic E-state index is 12.4. The highest BCUT2D eigenvalue weighted by Crippen LogP contribution is 2.33. The molecule has 1 heterocycles. The topological polar surface area (TPSA) is 47.0 Å². The Bertz CT molecular complexity index is 609. The minimum Gasteiger partial charge on any atom is -0.289 e. The summed E-state index contributed by atoms with van der Waals surface area (Å²) in [6.07, 6.45) is 3.43. The Morgan fingerprint density at radius 2 is 1.63 bits per heavy atom. The van der Waals surface area contributed by atoms with E-state index in [2.05, 4.69) is 4.98 Å². The molecule has 1 atom stereocenters. The van der Waals surface area contributed by atoms with Crippen LogP contribution in [0.3, 0.4) is 0 Å². The van der Waals surface area contributed by atoms with Gasteiger partial charge in [-0.05, 0) is 32.4 Å². The Morgan fingerprint density at radius 3 is 2.21 bits per heavy atom. The molecule has 3 nitrogen and oxygen atoms in total. The van der Waals surface area contributed by atoms with E-state index in [9.17, 15) is 9.59 Å². The number of carbonyl (C=O) groups excluding carboxylic acids is 2. The summed E-state index contributed by atoms with van der Waals surface area (Å²) in [5, 5.41) is 0. The van der Waals surface area contributed by atoms with E-state index in [1.807, 2.05) is 19.1 Å². The van der Waals surface area contributed by atoms with Crippen LogP contribution in [0, 0.1) is 0 Å². The maximum absolute atomic E-state index is 12.4. The smallest absolute Gasteiger partial charge is 0.186 e. The standard InChI is InChI=1S/C16H17NO2/c1-9-10(2)16(19)14(12(4)15(9)18)11(3)13-6-5-7-17-8-13/h5-8,11H,1-4H3/t11-/m1/s1. The van der Waals surface area contributed by atoms with Crippen LogP contribution in [-0.2, 0) is 9.59 Å². The van der Waals surface area contributed by atoms with Gasteiger partial charge in [-0.2, -0.15) is 0 Å². The summed E-state index contributed by atoms with van der Waals surface area (Å²) in [5.41, 5.74) is 3.22. The quantitative estimate of drug-likeness (QED) is 0.763. The van der Waals surface area contributed by atoms with Gasteiger partial charge in [0.15, 0.2) is 11.6 Å². The highest BCUT2D eigenvalue weighted by Gasteiger charge is 2.31. The van der Waals surface area contributed by atoms with Crippen LogP contribution in [-0.4, -0.2) is 16.6 Å². The minimum absolute atomic E-state index is 0.0223. The lowest BCUT2D eigenvalue weighted by Crippen LogP contribution is -2.23. The third-order valence-corrected chi connectivity index (χ3v) is 3.85. The number of rotatable bonds is 2. The van der Waals surface area contributed by atoms with Gasteiger partial charge in [0, 0.05) is 40.6 Å². The molecule has 0 spiro atoms. The number of allylic oxidation sites excluding steroid dienone is 4. The van der Waals surface area contributed by atoms with Crippen LogP contribution in [0.5, 0.6) is 0 Å². The number of ketones is 2. The molecule has 1 aliphatic carbocycles. The molecule has 0 unspecified atom stereocenters. The molecule has 1 aliphatic rings. The van der Waals surface area contributed by atoms with Gasteiger partial charge in [0.2, 0.25) is 0 Å². The highest BCUT2D eigenvalue weighted by molar-refractivity contribution is 6.25. The van der Waals surface area contributed by atoms with Crippen LogP contribution >= 0.6 is 0 Å². The van der Waals surface area contributed by atoms with Gasteiger partial charge in [0.25, 0.3) is 0 Å². The zero-order chi connectivity index (χ0) is 14.2. The van der Waals surface area contributed by atoms with E-state index in [4.69, 9.17) is 0 Å². The van der Waals surface area contributed by atoms with Crippen molar-refractivity contribution < 1.29 is 9.59 Å². The van der Waals surface area contributed by atoms with Gasteiger partial charge >= 0.3 is 0 Å². The van der Waals surface area contributed by atoms with Gasteiger partial charge in [-0.15, -0.1) is 0 Å². The normalized spacial score (nSPS) is 18.1. The third kappa shape index (κ3) is 2.16. The van der Waals surface area contributed by atoms with E-state index < -0.39 is 0 Å². The van der Waals surface area contributed by atoms with E-state index in [0.717, 1.165) is 5.56 Å². The lowest BCUT2D eigenvalue weighted by molar-refractivity contribution is -0.116. The molecule has 0 aliphatic heterocycles. The Balaban J connectivity index is 2.50. The second-order valence-electron chi connectivity index (χ2n) is 4.95. The highest BCUT2D eigenvalue weighted by atomic mass is 16.1. The van der Waals surface area contributed by atoms with E-state index in [-0.39, 0.29) is 17.5 Å². The van der Waals surface area contributed by atoms with Crippen molar-refractivity contribution in [3.63, 3.8) is 0 Å². The molecule has 0 saturated heterocycles. The number of pyridine rings is 1. The van der Waals surface area contributed by atoms with Crippen LogP contribution < -0.4 is 0 Å². The second-order valence-corrected chi connectivity index (χ2v) is 4.95. The Hall–Kier alpha value is -2.03. The van der Waals surface area contributed by atoms with Gasteiger partial charge in [0.1, 0.15) is 0 Å². The first-order valence-electron chi connectivity index (χ1n) is 6.32. The number of nitrogens with zero attached hydrogens (tertiary/aromatic N) is 1. The molecule has 0 amide bonds. The van der Waals surface area contributed by atoms with E-state index in [0.29, 0.717) is 22.3 Å². The van der Waals surface area contributed by atoms with Crippen molar-refractivity contribution in [2.75, 3.05) is 0 Å². The molecule has 0 fully saturated rings. The van der Waals surface area contributed by atoms with Gasteiger partial charge in [-0.1, -0.05) is 13.0 Å². The average molecular weight is 255 g/mol. The lowest BCUT2D eigenvalue weighted by atomic mass is 9.79. The summed E-state index contributed by atoms with van der Waals surface area (Å²) < 4.78 is 0. The molecule has 0 N–H and O–H groups in total. The summed E-state index contributed by atoms with van der Waals surface area (Å²) in [6, 6.07) is 3.76. The van der Waals surface area contributed by atoms with Crippen molar-refractivity contribution in [3.8, 4) is 0 Å². The Kier molecular flexibility index (Phi) is 3.47. The predicted octanol–water partition coefficient (Wildman–Crippen LogP) is 2.99. The Labute approximate surface area is 113 Å². The fourth-order valence-electron chi connectivity index (χ4n) is 2.44. The first-order chi connectivity index (χ1) is 8.95. The zero-order valence-electron chi connectivity index (χ0n) is 11.7. The van der Waals surface area contributed by atoms with Crippen LogP contribution in [0.15, 0.2) is 46.8 Å². The van der Waals surface area contributed by atoms with Gasteiger partial charge in [0.05, 0.1) is 0 Å². The number of Topliss-reactive ketones (excluding diaryl/α,β-unsaturated/α-hetero) is 2. The number of hydrogen-bond acceptors (Lipinski definition) is 3. The number of aromatic nitrogens is 1. The van der Waals surface area contributed by atoms with E-state index in [1.165, 1.54) is 0 Å². The average Bonchev–Trinajstić information content (AvgIpc) is 2.44. The first kappa shape index (κ1) is 13.4. The van der Waals surface area contributed by atoms with Crippen LogP contribution in [0.4, 0.5) is 0 Å². The van der Waals surface area contributed by atoms with Gasteiger partial charge in [-0.3, -0.25) is 14.6 Å². The zero-order valence-corrected chi connectivity index (χ0v) is 11.7. The minimum atomic E-state index is -0.117. The summed E-state index contributed by atoms with van der Waals surface area (Å²) in [5.74, 6) is -0.165. The first-order valence-corrected chi connectivity index (χ1v) is 6.32. The molecule has 0 aromatic carbocycles. The van der Waals surface area contributed by atoms with Crippen molar-refractivity contribution in [1.82, 2.24) is 4.98 Å². The fraction of sp³-hybridized carbons (Fsp3) is 0.312. The predicted molar refractivity (Wildman–Crippen MR) is 73.7 cm³/mol. The molecule has 1 aromatic heterocycles. The Morgan fingerprint density at radius 1 is 1.00 bits per heavy atom.